The first kappa shape index (κ1) is 11.6. The molecule has 16 heavy (non-hydrogen) atoms. The lowest BCUT2D eigenvalue weighted by Gasteiger charge is -2.18. The van der Waals surface area contributed by atoms with Crippen LogP contribution in [0, 0.1) is 0 Å². The fourth-order valence-corrected chi connectivity index (χ4v) is 2.37. The van der Waals surface area contributed by atoms with E-state index in [1.807, 2.05) is 13.0 Å². The van der Waals surface area contributed by atoms with Gasteiger partial charge >= 0.3 is 0 Å². The molecule has 1 aromatic heterocycles. The van der Waals surface area contributed by atoms with E-state index in [1.165, 1.54) is 4.88 Å². The molecule has 0 spiro atoms. The topological polar surface area (TPSA) is 41.1 Å². The van der Waals surface area contributed by atoms with Crippen molar-refractivity contribution in [3.63, 3.8) is 0 Å². The quantitative estimate of drug-likeness (QED) is 0.824. The number of amides is 1. The summed E-state index contributed by atoms with van der Waals surface area (Å²) < 4.78 is 0. The van der Waals surface area contributed by atoms with E-state index in [0.29, 0.717) is 6.04 Å². The van der Waals surface area contributed by atoms with E-state index in [9.17, 15) is 4.79 Å². The number of thiophene rings is 1. The Bertz CT molecular complexity index is 346. The molecule has 1 fully saturated rings. The number of hydrogen-bond acceptors (Lipinski definition) is 3. The van der Waals surface area contributed by atoms with Crippen molar-refractivity contribution in [1.82, 2.24) is 10.6 Å². The van der Waals surface area contributed by atoms with Gasteiger partial charge in [0.05, 0.1) is 6.04 Å². The molecule has 88 valence electrons. The van der Waals surface area contributed by atoms with Gasteiger partial charge in [0, 0.05) is 17.0 Å². The number of hydrogen-bond donors (Lipinski definition) is 2. The van der Waals surface area contributed by atoms with Crippen molar-refractivity contribution in [3.05, 3.63) is 22.4 Å². The van der Waals surface area contributed by atoms with Crippen LogP contribution in [0.25, 0.3) is 0 Å². The van der Waals surface area contributed by atoms with Crippen LogP contribution in [0.4, 0.5) is 0 Å². The Morgan fingerprint density at radius 1 is 1.50 bits per heavy atom. The molecule has 0 aromatic carbocycles. The highest BCUT2D eigenvalue weighted by Gasteiger charge is 2.26. The zero-order chi connectivity index (χ0) is 11.5. The largest absolute Gasteiger partial charge is 0.352 e. The summed E-state index contributed by atoms with van der Waals surface area (Å²) in [7, 11) is 0. The predicted molar refractivity (Wildman–Crippen MR) is 66.5 cm³/mol. The Kier molecular flexibility index (Phi) is 3.61. The Morgan fingerprint density at radius 3 is 2.81 bits per heavy atom. The minimum atomic E-state index is -0.127. The van der Waals surface area contributed by atoms with Gasteiger partial charge in [-0.25, -0.2) is 0 Å². The first-order valence-electron chi connectivity index (χ1n) is 5.76. The normalized spacial score (nSPS) is 19.1. The molecular formula is C12H18N2OS. The van der Waals surface area contributed by atoms with Crippen LogP contribution in [0.1, 0.15) is 37.6 Å². The second-order valence-corrected chi connectivity index (χ2v) is 5.39. The fraction of sp³-hybridized carbons (Fsp3) is 0.583. The van der Waals surface area contributed by atoms with Gasteiger partial charge in [-0.15, -0.1) is 11.3 Å². The van der Waals surface area contributed by atoms with Crippen molar-refractivity contribution in [1.29, 1.82) is 0 Å². The lowest BCUT2D eigenvalue weighted by molar-refractivity contribution is -0.123. The van der Waals surface area contributed by atoms with Gasteiger partial charge in [0.25, 0.3) is 0 Å². The Hall–Kier alpha value is -0.870. The van der Waals surface area contributed by atoms with E-state index >= 15 is 0 Å². The molecule has 0 bridgehead atoms. The summed E-state index contributed by atoms with van der Waals surface area (Å²) in [6, 6.07) is 4.67. The Morgan fingerprint density at radius 2 is 2.25 bits per heavy atom. The number of nitrogens with one attached hydrogen (secondary N) is 2. The molecule has 1 unspecified atom stereocenters. The second-order valence-electron chi connectivity index (χ2n) is 4.41. The molecule has 1 aromatic rings. The summed E-state index contributed by atoms with van der Waals surface area (Å²) in [5.41, 5.74) is 0. The number of carbonyl (C=O) groups excluding carboxylic acids is 1. The molecule has 2 rings (SSSR count). The summed E-state index contributed by atoms with van der Waals surface area (Å²) in [6.45, 7) is 4.01. The molecule has 3 nitrogen and oxygen atoms in total. The van der Waals surface area contributed by atoms with Crippen LogP contribution in [0.3, 0.4) is 0 Å². The van der Waals surface area contributed by atoms with Crippen molar-refractivity contribution in [2.24, 2.45) is 0 Å². The van der Waals surface area contributed by atoms with E-state index in [2.05, 4.69) is 29.0 Å². The maximum atomic E-state index is 11.7. The van der Waals surface area contributed by atoms with Gasteiger partial charge in [0.1, 0.15) is 0 Å². The summed E-state index contributed by atoms with van der Waals surface area (Å²) in [4.78, 5) is 13.0. The van der Waals surface area contributed by atoms with E-state index in [4.69, 9.17) is 0 Å². The highest BCUT2D eigenvalue weighted by molar-refractivity contribution is 7.10. The summed E-state index contributed by atoms with van der Waals surface area (Å²) in [5, 5.41) is 8.38. The third kappa shape index (κ3) is 3.06. The average Bonchev–Trinajstić information content (AvgIpc) is 2.89. The smallest absolute Gasteiger partial charge is 0.237 e. The number of carbonyl (C=O) groups is 1. The molecular weight excluding hydrogens is 220 g/mol. The first-order valence-corrected chi connectivity index (χ1v) is 6.64. The minimum absolute atomic E-state index is 0.117. The van der Waals surface area contributed by atoms with Gasteiger partial charge < -0.3 is 5.32 Å². The van der Waals surface area contributed by atoms with Crippen LogP contribution in [0.5, 0.6) is 0 Å². The molecule has 0 aliphatic heterocycles. The van der Waals surface area contributed by atoms with E-state index in [-0.39, 0.29) is 18.0 Å². The lowest BCUT2D eigenvalue weighted by atomic mass is 10.2. The molecule has 2 atom stereocenters. The minimum Gasteiger partial charge on any atom is -0.352 e. The molecule has 1 aliphatic rings. The standard InChI is InChI=1S/C12H18N2OS/c1-8(11-4-3-7-16-11)13-9(2)12(15)14-10-5-6-10/h3-4,7-10,13H,5-6H2,1-2H3,(H,14,15)/t8-,9?/m1/s1. The molecule has 1 amide bonds. The Balaban J connectivity index is 1.81. The van der Waals surface area contributed by atoms with Crippen LogP contribution in [0.2, 0.25) is 0 Å². The van der Waals surface area contributed by atoms with Gasteiger partial charge in [-0.3, -0.25) is 10.1 Å². The maximum Gasteiger partial charge on any atom is 0.237 e. The summed E-state index contributed by atoms with van der Waals surface area (Å²) in [6.07, 6.45) is 2.28. The second kappa shape index (κ2) is 4.97. The van der Waals surface area contributed by atoms with E-state index in [0.717, 1.165) is 12.8 Å². The highest BCUT2D eigenvalue weighted by atomic mass is 32.1. The van der Waals surface area contributed by atoms with Gasteiger partial charge in [-0.1, -0.05) is 6.07 Å². The first-order chi connectivity index (χ1) is 7.66. The van der Waals surface area contributed by atoms with E-state index < -0.39 is 0 Å². The molecule has 1 heterocycles. The molecule has 0 radical (unpaired) electrons. The predicted octanol–water partition coefficient (Wildman–Crippen LogP) is 2.07. The van der Waals surface area contributed by atoms with Crippen molar-refractivity contribution in [2.45, 2.75) is 44.8 Å². The lowest BCUT2D eigenvalue weighted by Crippen LogP contribution is -2.43. The number of rotatable bonds is 5. The maximum absolute atomic E-state index is 11.7. The third-order valence-corrected chi connectivity index (χ3v) is 3.84. The van der Waals surface area contributed by atoms with Crippen LogP contribution < -0.4 is 10.6 Å². The van der Waals surface area contributed by atoms with Gasteiger partial charge in [0.2, 0.25) is 5.91 Å². The summed E-state index contributed by atoms with van der Waals surface area (Å²) in [5.74, 6) is 0.117. The van der Waals surface area contributed by atoms with E-state index in [1.54, 1.807) is 11.3 Å². The zero-order valence-corrected chi connectivity index (χ0v) is 10.5. The summed E-state index contributed by atoms with van der Waals surface area (Å²) >= 11 is 1.72. The highest BCUT2D eigenvalue weighted by Crippen LogP contribution is 2.20. The molecule has 4 heteroatoms. The van der Waals surface area contributed by atoms with Crippen molar-refractivity contribution < 1.29 is 4.79 Å². The van der Waals surface area contributed by atoms with Crippen LogP contribution in [-0.2, 0) is 4.79 Å². The third-order valence-electron chi connectivity index (χ3n) is 2.79. The fourth-order valence-electron chi connectivity index (χ4n) is 1.62. The Labute approximate surface area is 100 Å². The van der Waals surface area contributed by atoms with Gasteiger partial charge in [-0.2, -0.15) is 0 Å². The molecule has 1 aliphatic carbocycles. The van der Waals surface area contributed by atoms with Crippen molar-refractivity contribution >= 4 is 17.2 Å². The SMILES string of the molecule is CC(N[C@H](C)c1cccs1)C(=O)NC1CC1. The molecule has 0 saturated heterocycles. The van der Waals surface area contributed by atoms with Crippen LogP contribution >= 0.6 is 11.3 Å². The average molecular weight is 238 g/mol. The van der Waals surface area contributed by atoms with Crippen LogP contribution in [0.15, 0.2) is 17.5 Å². The zero-order valence-electron chi connectivity index (χ0n) is 9.69. The van der Waals surface area contributed by atoms with Crippen molar-refractivity contribution in [2.75, 3.05) is 0 Å². The monoisotopic (exact) mass is 238 g/mol. The van der Waals surface area contributed by atoms with Gasteiger partial charge in [-0.05, 0) is 38.1 Å². The van der Waals surface area contributed by atoms with Crippen molar-refractivity contribution in [3.8, 4) is 0 Å². The molecule has 1 saturated carbocycles. The van der Waals surface area contributed by atoms with Gasteiger partial charge in [0.15, 0.2) is 0 Å². The van der Waals surface area contributed by atoms with Crippen LogP contribution in [-0.4, -0.2) is 18.0 Å². The molecule has 2 N–H and O–H groups in total.